The average molecular weight is 286 g/mol. The normalized spacial score (nSPS) is 13.7. The highest BCUT2D eigenvalue weighted by molar-refractivity contribution is 7.80. The minimum Gasteiger partial charge on any atom is -0.468 e. The van der Waals surface area contributed by atoms with E-state index in [4.69, 9.17) is 33.2 Å². The summed E-state index contributed by atoms with van der Waals surface area (Å²) in [4.78, 5) is 0. The maximum absolute atomic E-state index is 9.67. The van der Waals surface area contributed by atoms with Gasteiger partial charge in [0.15, 0.2) is 0 Å². The Labute approximate surface area is 116 Å². The van der Waals surface area contributed by atoms with Crippen molar-refractivity contribution >= 4 is 47.3 Å². The molecule has 0 amide bonds. The Bertz CT molecular complexity index is 484. The molecular weight excluding hydrogens is 272 g/mol. The standard InChI is InChI=1S/C11H13BClNO3S/c1-6(2)17-11(18)14-8-4-3-7-5-16-12(15)9(7)10(8)13/h3-4,6,15H,5H2,1-2H3,(H,14,18). The molecule has 96 valence electrons. The van der Waals surface area contributed by atoms with Gasteiger partial charge < -0.3 is 19.7 Å². The Morgan fingerprint density at radius 2 is 2.33 bits per heavy atom. The van der Waals surface area contributed by atoms with Gasteiger partial charge in [0, 0.05) is 5.46 Å². The van der Waals surface area contributed by atoms with E-state index >= 15 is 0 Å². The smallest absolute Gasteiger partial charge is 0.468 e. The summed E-state index contributed by atoms with van der Waals surface area (Å²) in [5.41, 5.74) is 2.08. The van der Waals surface area contributed by atoms with E-state index in [1.165, 1.54) is 0 Å². The van der Waals surface area contributed by atoms with Crippen LogP contribution in [-0.4, -0.2) is 23.4 Å². The van der Waals surface area contributed by atoms with Gasteiger partial charge in [0.05, 0.1) is 23.4 Å². The molecule has 0 saturated heterocycles. The molecular formula is C11H13BClNO3S. The zero-order valence-electron chi connectivity index (χ0n) is 10.1. The quantitative estimate of drug-likeness (QED) is 0.639. The van der Waals surface area contributed by atoms with Crippen LogP contribution in [0.1, 0.15) is 19.4 Å². The third kappa shape index (κ3) is 2.77. The fourth-order valence-electron chi connectivity index (χ4n) is 1.73. The molecule has 0 bridgehead atoms. The van der Waals surface area contributed by atoms with E-state index in [0.29, 0.717) is 22.8 Å². The zero-order valence-corrected chi connectivity index (χ0v) is 11.6. The Morgan fingerprint density at radius 3 is 3.00 bits per heavy atom. The number of halogens is 1. The van der Waals surface area contributed by atoms with Gasteiger partial charge in [-0.05, 0) is 37.7 Å². The molecule has 2 rings (SSSR count). The van der Waals surface area contributed by atoms with Crippen molar-refractivity contribution in [2.24, 2.45) is 0 Å². The minimum atomic E-state index is -0.978. The van der Waals surface area contributed by atoms with E-state index < -0.39 is 7.12 Å². The highest BCUT2D eigenvalue weighted by atomic mass is 35.5. The Kier molecular flexibility index (Phi) is 4.12. The van der Waals surface area contributed by atoms with Gasteiger partial charge >= 0.3 is 7.12 Å². The lowest BCUT2D eigenvalue weighted by molar-refractivity contribution is 0.235. The van der Waals surface area contributed by atoms with Gasteiger partial charge in [0.1, 0.15) is 0 Å². The first-order chi connectivity index (χ1) is 8.49. The lowest BCUT2D eigenvalue weighted by Gasteiger charge is -2.14. The van der Waals surface area contributed by atoms with E-state index in [-0.39, 0.29) is 11.3 Å². The van der Waals surface area contributed by atoms with Gasteiger partial charge in [-0.1, -0.05) is 17.7 Å². The lowest BCUT2D eigenvalue weighted by atomic mass is 9.79. The van der Waals surface area contributed by atoms with Crippen LogP contribution in [0.4, 0.5) is 5.69 Å². The van der Waals surface area contributed by atoms with Gasteiger partial charge in [-0.25, -0.2) is 0 Å². The third-order valence-corrected chi connectivity index (χ3v) is 3.10. The number of rotatable bonds is 2. The van der Waals surface area contributed by atoms with Crippen LogP contribution >= 0.6 is 23.8 Å². The van der Waals surface area contributed by atoms with Crippen LogP contribution in [0.5, 0.6) is 0 Å². The van der Waals surface area contributed by atoms with E-state index in [1.54, 1.807) is 6.07 Å². The first kappa shape index (κ1) is 13.6. The van der Waals surface area contributed by atoms with Crippen molar-refractivity contribution in [3.63, 3.8) is 0 Å². The van der Waals surface area contributed by atoms with Crippen LogP contribution in [0.25, 0.3) is 0 Å². The summed E-state index contributed by atoms with van der Waals surface area (Å²) in [7, 11) is -0.978. The summed E-state index contributed by atoms with van der Waals surface area (Å²) in [6.07, 6.45) is -0.00729. The van der Waals surface area contributed by atoms with Gasteiger partial charge in [-0.3, -0.25) is 0 Å². The van der Waals surface area contributed by atoms with Gasteiger partial charge in [0.2, 0.25) is 0 Å². The van der Waals surface area contributed by atoms with E-state index in [0.717, 1.165) is 5.56 Å². The van der Waals surface area contributed by atoms with Crippen LogP contribution in [0.2, 0.25) is 5.02 Å². The second-order valence-electron chi connectivity index (χ2n) is 4.24. The first-order valence-corrected chi connectivity index (χ1v) is 6.36. The summed E-state index contributed by atoms with van der Waals surface area (Å²) >= 11 is 11.3. The molecule has 0 atom stereocenters. The molecule has 18 heavy (non-hydrogen) atoms. The van der Waals surface area contributed by atoms with E-state index in [1.807, 2.05) is 19.9 Å². The molecule has 7 heteroatoms. The summed E-state index contributed by atoms with van der Waals surface area (Å²) in [6.45, 7) is 4.13. The molecule has 0 radical (unpaired) electrons. The van der Waals surface area contributed by atoms with Crippen molar-refractivity contribution in [2.75, 3.05) is 5.32 Å². The fourth-order valence-corrected chi connectivity index (χ4v) is 2.36. The average Bonchev–Trinajstić information content (AvgIpc) is 2.64. The van der Waals surface area contributed by atoms with Crippen LogP contribution in [0.15, 0.2) is 12.1 Å². The van der Waals surface area contributed by atoms with Crippen molar-refractivity contribution in [3.05, 3.63) is 22.7 Å². The first-order valence-electron chi connectivity index (χ1n) is 5.57. The van der Waals surface area contributed by atoms with Crippen molar-refractivity contribution in [1.29, 1.82) is 0 Å². The number of thiocarbonyl (C=S) groups is 1. The van der Waals surface area contributed by atoms with Gasteiger partial charge in [-0.15, -0.1) is 0 Å². The Hall–Kier alpha value is -0.815. The second-order valence-corrected chi connectivity index (χ2v) is 4.99. The maximum atomic E-state index is 9.67. The van der Waals surface area contributed by atoms with Gasteiger partial charge in [0.25, 0.3) is 5.17 Å². The summed E-state index contributed by atoms with van der Waals surface area (Å²) in [6, 6.07) is 3.64. The molecule has 2 N–H and O–H groups in total. The number of hydrogen-bond acceptors (Lipinski definition) is 4. The topological polar surface area (TPSA) is 50.7 Å². The monoisotopic (exact) mass is 285 g/mol. The number of fused-ring (bicyclic) bond motifs is 1. The summed E-state index contributed by atoms with van der Waals surface area (Å²) < 4.78 is 10.4. The van der Waals surface area contributed by atoms with E-state index in [9.17, 15) is 5.02 Å². The predicted octanol–water partition coefficient (Wildman–Crippen LogP) is 1.68. The molecule has 0 unspecified atom stereocenters. The van der Waals surface area contributed by atoms with Crippen molar-refractivity contribution in [1.82, 2.24) is 0 Å². The summed E-state index contributed by atoms with van der Waals surface area (Å²) in [5.74, 6) is 0. The molecule has 1 aliphatic heterocycles. The van der Waals surface area contributed by atoms with Crippen LogP contribution < -0.4 is 10.8 Å². The molecule has 4 nitrogen and oxygen atoms in total. The maximum Gasteiger partial charge on any atom is 0.493 e. The zero-order chi connectivity index (χ0) is 13.3. The molecule has 1 heterocycles. The molecule has 1 aliphatic rings. The lowest BCUT2D eigenvalue weighted by Crippen LogP contribution is -2.30. The molecule has 0 fully saturated rings. The van der Waals surface area contributed by atoms with Crippen LogP contribution in [-0.2, 0) is 16.0 Å². The predicted molar refractivity (Wildman–Crippen MR) is 76.3 cm³/mol. The highest BCUT2D eigenvalue weighted by Gasteiger charge is 2.31. The molecule has 0 aliphatic carbocycles. The fraction of sp³-hybridized carbons (Fsp3) is 0.364. The molecule has 1 aromatic carbocycles. The SMILES string of the molecule is CC(C)OC(=S)Nc1ccc2c(c1Cl)B(O)OC2. The number of anilines is 1. The van der Waals surface area contributed by atoms with Gasteiger partial charge in [-0.2, -0.15) is 0 Å². The number of benzene rings is 1. The molecule has 0 saturated carbocycles. The molecule has 0 aromatic heterocycles. The second kappa shape index (κ2) is 5.44. The van der Waals surface area contributed by atoms with Crippen molar-refractivity contribution in [3.8, 4) is 0 Å². The van der Waals surface area contributed by atoms with Crippen molar-refractivity contribution < 1.29 is 14.4 Å². The summed E-state index contributed by atoms with van der Waals surface area (Å²) in [5, 5.41) is 13.2. The molecule has 1 aromatic rings. The Morgan fingerprint density at radius 1 is 1.61 bits per heavy atom. The molecule has 0 spiro atoms. The number of ether oxygens (including phenoxy) is 1. The van der Waals surface area contributed by atoms with Crippen LogP contribution in [0, 0.1) is 0 Å². The number of nitrogens with one attached hydrogen (secondary N) is 1. The van der Waals surface area contributed by atoms with Crippen molar-refractivity contribution in [2.45, 2.75) is 26.6 Å². The third-order valence-electron chi connectivity index (χ3n) is 2.49. The number of hydrogen-bond donors (Lipinski definition) is 2. The van der Waals surface area contributed by atoms with E-state index in [2.05, 4.69) is 5.32 Å². The highest BCUT2D eigenvalue weighted by Crippen LogP contribution is 2.25. The Balaban J connectivity index is 2.20. The van der Waals surface area contributed by atoms with Crippen LogP contribution in [0.3, 0.4) is 0 Å². The minimum absolute atomic E-state index is 0.00729. The largest absolute Gasteiger partial charge is 0.493 e.